The molecule has 1 rings (SSSR count). The van der Waals surface area contributed by atoms with Crippen molar-refractivity contribution >= 4 is 5.97 Å². The summed E-state index contributed by atoms with van der Waals surface area (Å²) in [7, 11) is 0. The molecule has 1 fully saturated rings. The highest BCUT2D eigenvalue weighted by Crippen LogP contribution is 2.29. The van der Waals surface area contributed by atoms with Crippen molar-refractivity contribution in [1.82, 2.24) is 10.6 Å². The predicted molar refractivity (Wildman–Crippen MR) is 68.9 cm³/mol. The molecular weight excluding hydrogens is 216 g/mol. The summed E-state index contributed by atoms with van der Waals surface area (Å²) in [5.74, 6) is 0.222. The molecule has 0 radical (unpaired) electrons. The number of ether oxygens (including phenoxy) is 1. The number of carbonyl (C=O) groups is 1. The molecule has 2 atom stereocenters. The first kappa shape index (κ1) is 14.5. The van der Waals surface area contributed by atoms with Crippen molar-refractivity contribution in [2.75, 3.05) is 19.7 Å². The molecule has 0 amide bonds. The van der Waals surface area contributed by atoms with Crippen LogP contribution in [0.15, 0.2) is 0 Å². The zero-order chi connectivity index (χ0) is 12.9. The number of nitrogens with one attached hydrogen (secondary N) is 2. The predicted octanol–water partition coefficient (Wildman–Crippen LogP) is 1.31. The molecule has 1 aliphatic rings. The van der Waals surface area contributed by atoms with Crippen molar-refractivity contribution in [2.45, 2.75) is 52.1 Å². The van der Waals surface area contributed by atoms with Gasteiger partial charge in [-0.15, -0.1) is 0 Å². The van der Waals surface area contributed by atoms with Crippen LogP contribution in [0.3, 0.4) is 0 Å². The van der Waals surface area contributed by atoms with Crippen molar-refractivity contribution in [1.29, 1.82) is 0 Å². The molecule has 0 aliphatic carbocycles. The highest BCUT2D eigenvalue weighted by molar-refractivity contribution is 5.81. The molecule has 0 bridgehead atoms. The van der Waals surface area contributed by atoms with Gasteiger partial charge in [-0.2, -0.15) is 0 Å². The standard InChI is InChI=1S/C13H26N2O2/c1-5-11-9-14-8-7-13(11,15-10(3)4)12(16)17-6-2/h10-11,14-15H,5-9H2,1-4H3. The van der Waals surface area contributed by atoms with Gasteiger partial charge in [0, 0.05) is 18.5 Å². The molecule has 2 unspecified atom stereocenters. The van der Waals surface area contributed by atoms with Gasteiger partial charge in [0.25, 0.3) is 0 Å². The summed E-state index contributed by atoms with van der Waals surface area (Å²) in [6.07, 6.45) is 1.79. The van der Waals surface area contributed by atoms with E-state index in [4.69, 9.17) is 4.74 Å². The van der Waals surface area contributed by atoms with E-state index in [2.05, 4.69) is 31.4 Å². The third-order valence-corrected chi connectivity index (χ3v) is 3.46. The van der Waals surface area contributed by atoms with E-state index in [0.29, 0.717) is 12.5 Å². The van der Waals surface area contributed by atoms with Gasteiger partial charge in [-0.1, -0.05) is 6.92 Å². The Hall–Kier alpha value is -0.610. The van der Waals surface area contributed by atoms with Crippen LogP contribution in [0.1, 0.15) is 40.5 Å². The lowest BCUT2D eigenvalue weighted by atomic mass is 9.76. The first-order chi connectivity index (χ1) is 8.06. The van der Waals surface area contributed by atoms with Gasteiger partial charge in [-0.25, -0.2) is 0 Å². The van der Waals surface area contributed by atoms with Crippen LogP contribution in [-0.2, 0) is 9.53 Å². The number of esters is 1. The summed E-state index contributed by atoms with van der Waals surface area (Å²) in [4.78, 5) is 12.3. The molecule has 0 aromatic heterocycles. The van der Waals surface area contributed by atoms with Crippen LogP contribution in [0.25, 0.3) is 0 Å². The molecule has 1 saturated heterocycles. The van der Waals surface area contributed by atoms with Crippen LogP contribution >= 0.6 is 0 Å². The van der Waals surface area contributed by atoms with Gasteiger partial charge in [-0.05, 0) is 40.2 Å². The molecule has 0 aromatic carbocycles. The summed E-state index contributed by atoms with van der Waals surface area (Å²) in [5.41, 5.74) is -0.496. The van der Waals surface area contributed by atoms with E-state index >= 15 is 0 Å². The van der Waals surface area contributed by atoms with E-state index in [-0.39, 0.29) is 12.0 Å². The molecule has 4 heteroatoms. The SMILES string of the molecule is CCOC(=O)C1(NC(C)C)CCNCC1CC. The number of piperidine rings is 1. The first-order valence-electron chi connectivity index (χ1n) is 6.72. The molecule has 4 nitrogen and oxygen atoms in total. The second-order valence-electron chi connectivity index (χ2n) is 5.05. The third kappa shape index (κ3) is 3.19. The molecule has 2 N–H and O–H groups in total. The molecule has 0 spiro atoms. The molecule has 0 aromatic rings. The average molecular weight is 242 g/mol. The monoisotopic (exact) mass is 242 g/mol. The number of hydrogen-bond acceptors (Lipinski definition) is 4. The average Bonchev–Trinajstić information content (AvgIpc) is 2.29. The normalized spacial score (nSPS) is 29.4. The molecule has 17 heavy (non-hydrogen) atoms. The zero-order valence-corrected chi connectivity index (χ0v) is 11.5. The van der Waals surface area contributed by atoms with Crippen molar-refractivity contribution in [3.63, 3.8) is 0 Å². The van der Waals surface area contributed by atoms with E-state index < -0.39 is 5.54 Å². The Balaban J connectivity index is 2.92. The maximum Gasteiger partial charge on any atom is 0.326 e. The summed E-state index contributed by atoms with van der Waals surface area (Å²) >= 11 is 0. The van der Waals surface area contributed by atoms with Crippen LogP contribution in [-0.4, -0.2) is 37.2 Å². The fourth-order valence-corrected chi connectivity index (χ4v) is 2.73. The highest BCUT2D eigenvalue weighted by atomic mass is 16.5. The molecule has 100 valence electrons. The molecular formula is C13H26N2O2. The van der Waals surface area contributed by atoms with Crippen molar-refractivity contribution in [3.8, 4) is 0 Å². The maximum absolute atomic E-state index is 12.3. The lowest BCUT2D eigenvalue weighted by molar-refractivity contribution is -0.156. The largest absolute Gasteiger partial charge is 0.465 e. The van der Waals surface area contributed by atoms with Gasteiger partial charge < -0.3 is 10.1 Å². The van der Waals surface area contributed by atoms with E-state index in [9.17, 15) is 4.79 Å². The van der Waals surface area contributed by atoms with Crippen molar-refractivity contribution < 1.29 is 9.53 Å². The minimum Gasteiger partial charge on any atom is -0.465 e. The highest BCUT2D eigenvalue weighted by Gasteiger charge is 2.47. The molecule has 0 saturated carbocycles. The smallest absolute Gasteiger partial charge is 0.326 e. The van der Waals surface area contributed by atoms with Gasteiger partial charge in [0.2, 0.25) is 0 Å². The Morgan fingerprint density at radius 1 is 1.53 bits per heavy atom. The van der Waals surface area contributed by atoms with Crippen LogP contribution in [0.5, 0.6) is 0 Å². The molecule has 1 aliphatic heterocycles. The minimum absolute atomic E-state index is 0.0814. The lowest BCUT2D eigenvalue weighted by Gasteiger charge is -2.43. The van der Waals surface area contributed by atoms with Crippen molar-refractivity contribution in [2.24, 2.45) is 5.92 Å². The number of rotatable bonds is 5. The first-order valence-corrected chi connectivity index (χ1v) is 6.72. The minimum atomic E-state index is -0.496. The summed E-state index contributed by atoms with van der Waals surface area (Å²) in [6.45, 7) is 10.4. The van der Waals surface area contributed by atoms with E-state index in [0.717, 1.165) is 25.9 Å². The van der Waals surface area contributed by atoms with Gasteiger partial charge in [0.15, 0.2) is 0 Å². The second-order valence-corrected chi connectivity index (χ2v) is 5.05. The summed E-state index contributed by atoms with van der Waals surface area (Å²) < 4.78 is 5.29. The Bertz CT molecular complexity index is 256. The van der Waals surface area contributed by atoms with E-state index in [1.54, 1.807) is 0 Å². The van der Waals surface area contributed by atoms with Gasteiger partial charge in [0.1, 0.15) is 5.54 Å². The Morgan fingerprint density at radius 3 is 2.76 bits per heavy atom. The fraction of sp³-hybridized carbons (Fsp3) is 0.923. The van der Waals surface area contributed by atoms with Crippen LogP contribution in [0, 0.1) is 5.92 Å². The second kappa shape index (κ2) is 6.36. The fourth-order valence-electron chi connectivity index (χ4n) is 2.73. The maximum atomic E-state index is 12.3. The van der Waals surface area contributed by atoms with E-state index in [1.807, 2.05) is 6.92 Å². The topological polar surface area (TPSA) is 50.4 Å². The van der Waals surface area contributed by atoms with Crippen LogP contribution < -0.4 is 10.6 Å². The van der Waals surface area contributed by atoms with Gasteiger partial charge in [0.05, 0.1) is 6.61 Å². The van der Waals surface area contributed by atoms with Gasteiger partial charge in [-0.3, -0.25) is 10.1 Å². The van der Waals surface area contributed by atoms with Gasteiger partial charge >= 0.3 is 5.97 Å². The van der Waals surface area contributed by atoms with E-state index in [1.165, 1.54) is 0 Å². The summed E-state index contributed by atoms with van der Waals surface area (Å²) in [5, 5.41) is 6.83. The summed E-state index contributed by atoms with van der Waals surface area (Å²) in [6, 6.07) is 0.284. The Kier molecular flexibility index (Phi) is 5.40. The number of carbonyl (C=O) groups excluding carboxylic acids is 1. The quantitative estimate of drug-likeness (QED) is 0.714. The third-order valence-electron chi connectivity index (χ3n) is 3.46. The lowest BCUT2D eigenvalue weighted by Crippen LogP contribution is -2.65. The molecule has 1 heterocycles. The van der Waals surface area contributed by atoms with Crippen LogP contribution in [0.4, 0.5) is 0 Å². The van der Waals surface area contributed by atoms with Crippen LogP contribution in [0.2, 0.25) is 0 Å². The van der Waals surface area contributed by atoms with Crippen molar-refractivity contribution in [3.05, 3.63) is 0 Å². The Labute approximate surface area is 104 Å². The Morgan fingerprint density at radius 2 is 2.24 bits per heavy atom. The zero-order valence-electron chi connectivity index (χ0n) is 11.5. The number of hydrogen-bond donors (Lipinski definition) is 2.